The summed E-state index contributed by atoms with van der Waals surface area (Å²) in [6.07, 6.45) is -0.134. The summed E-state index contributed by atoms with van der Waals surface area (Å²) in [5.74, 6) is -0.310. The lowest BCUT2D eigenvalue weighted by Gasteiger charge is -2.16. The van der Waals surface area contributed by atoms with Gasteiger partial charge in [0.2, 0.25) is 5.91 Å². The number of amides is 1. The smallest absolute Gasteiger partial charge is 0.248 e. The first-order chi connectivity index (χ1) is 8.34. The first-order valence-corrected chi connectivity index (χ1v) is 6.36. The molecule has 1 atom stereocenters. The highest BCUT2D eigenvalue weighted by atomic mass is 16.3. The third kappa shape index (κ3) is 3.33. The van der Waals surface area contributed by atoms with E-state index < -0.39 is 6.10 Å². The molecular weight excluding hydrogens is 226 g/mol. The molecule has 3 heteroatoms. The third-order valence-electron chi connectivity index (χ3n) is 3.58. The van der Waals surface area contributed by atoms with Crippen molar-refractivity contribution in [1.82, 2.24) is 5.32 Å². The van der Waals surface area contributed by atoms with Gasteiger partial charge in [0.15, 0.2) is 0 Å². The highest BCUT2D eigenvalue weighted by molar-refractivity contribution is 5.79. The van der Waals surface area contributed by atoms with Gasteiger partial charge in [0.05, 0.1) is 0 Å². The maximum atomic E-state index is 11.3. The highest BCUT2D eigenvalue weighted by Crippen LogP contribution is 2.21. The molecule has 100 valence electrons. The first kappa shape index (κ1) is 14.7. The Hall–Kier alpha value is -1.35. The number of aliphatic hydroxyl groups excluding tert-OH is 1. The van der Waals surface area contributed by atoms with Gasteiger partial charge in [0, 0.05) is 6.54 Å². The van der Waals surface area contributed by atoms with E-state index in [2.05, 4.69) is 39.1 Å². The van der Waals surface area contributed by atoms with Crippen LogP contribution in [0.4, 0.5) is 0 Å². The molecule has 1 rings (SSSR count). The van der Waals surface area contributed by atoms with Gasteiger partial charge in [0.25, 0.3) is 0 Å². The van der Waals surface area contributed by atoms with E-state index in [0.29, 0.717) is 6.54 Å². The van der Waals surface area contributed by atoms with E-state index in [1.807, 2.05) is 0 Å². The van der Waals surface area contributed by atoms with Crippen molar-refractivity contribution in [3.05, 3.63) is 33.9 Å². The fraction of sp³-hybridized carbons (Fsp3) is 0.533. The maximum absolute atomic E-state index is 11.3. The zero-order valence-corrected chi connectivity index (χ0v) is 11.9. The van der Waals surface area contributed by atoms with E-state index in [0.717, 1.165) is 6.42 Å². The number of hydrogen-bond donors (Lipinski definition) is 2. The molecule has 0 aliphatic carbocycles. The number of aliphatic hydroxyl groups is 1. The number of nitrogens with one attached hydrogen (secondary N) is 1. The van der Waals surface area contributed by atoms with Crippen LogP contribution < -0.4 is 5.32 Å². The molecule has 1 aromatic carbocycles. The highest BCUT2D eigenvalue weighted by Gasteiger charge is 2.10. The molecule has 1 unspecified atom stereocenters. The van der Waals surface area contributed by atoms with Crippen molar-refractivity contribution in [2.24, 2.45) is 0 Å². The Labute approximate surface area is 109 Å². The molecule has 0 aromatic heterocycles. The van der Waals surface area contributed by atoms with Crippen molar-refractivity contribution in [3.63, 3.8) is 0 Å². The van der Waals surface area contributed by atoms with Crippen LogP contribution in [-0.2, 0) is 11.2 Å². The molecule has 0 fully saturated rings. The molecule has 0 radical (unpaired) electrons. The Kier molecular flexibility index (Phi) is 4.91. The van der Waals surface area contributed by atoms with Gasteiger partial charge in [-0.2, -0.15) is 0 Å². The molecule has 1 amide bonds. The number of hydrogen-bond acceptors (Lipinski definition) is 2. The molecule has 0 aliphatic rings. The van der Waals surface area contributed by atoms with Crippen molar-refractivity contribution in [1.29, 1.82) is 0 Å². The van der Waals surface area contributed by atoms with E-state index in [1.165, 1.54) is 34.7 Å². The number of carbonyl (C=O) groups excluding carboxylic acids is 1. The van der Waals surface area contributed by atoms with Crippen LogP contribution in [0.5, 0.6) is 0 Å². The Morgan fingerprint density at radius 1 is 1.22 bits per heavy atom. The summed E-state index contributed by atoms with van der Waals surface area (Å²) in [6, 6.07) is 2.20. The van der Waals surface area contributed by atoms with Gasteiger partial charge >= 0.3 is 0 Å². The van der Waals surface area contributed by atoms with Crippen LogP contribution >= 0.6 is 0 Å². The fourth-order valence-electron chi connectivity index (χ4n) is 2.13. The zero-order valence-electron chi connectivity index (χ0n) is 11.9. The van der Waals surface area contributed by atoms with Crippen LogP contribution in [0, 0.1) is 27.7 Å². The Morgan fingerprint density at radius 2 is 1.72 bits per heavy atom. The SMILES string of the molecule is Cc1cc(C)c(C)c(CCNC(=O)C(C)O)c1C. The van der Waals surface area contributed by atoms with Crippen LogP contribution in [0.2, 0.25) is 0 Å². The van der Waals surface area contributed by atoms with E-state index in [9.17, 15) is 4.79 Å². The Morgan fingerprint density at radius 3 is 2.17 bits per heavy atom. The molecule has 0 aliphatic heterocycles. The molecule has 1 aromatic rings. The lowest BCUT2D eigenvalue weighted by molar-refractivity contribution is -0.128. The van der Waals surface area contributed by atoms with Gasteiger partial charge in [-0.25, -0.2) is 0 Å². The summed E-state index contributed by atoms with van der Waals surface area (Å²) >= 11 is 0. The molecule has 0 bridgehead atoms. The standard InChI is InChI=1S/C15H23NO2/c1-9-8-10(2)12(4)14(11(9)3)6-7-16-15(18)13(5)17/h8,13,17H,6-7H2,1-5H3,(H,16,18). The summed E-state index contributed by atoms with van der Waals surface area (Å²) in [5.41, 5.74) is 6.47. The summed E-state index contributed by atoms with van der Waals surface area (Å²) in [7, 11) is 0. The second-order valence-electron chi connectivity index (χ2n) is 4.96. The molecule has 0 saturated heterocycles. The lowest BCUT2D eigenvalue weighted by Crippen LogP contribution is -2.34. The molecule has 0 saturated carbocycles. The van der Waals surface area contributed by atoms with Gasteiger partial charge in [-0.1, -0.05) is 6.07 Å². The minimum absolute atomic E-state index is 0.310. The van der Waals surface area contributed by atoms with E-state index in [1.54, 1.807) is 0 Å². The number of aryl methyl sites for hydroxylation is 2. The predicted molar refractivity (Wildman–Crippen MR) is 73.8 cm³/mol. The normalized spacial score (nSPS) is 12.3. The average Bonchev–Trinajstić information content (AvgIpc) is 2.30. The average molecular weight is 249 g/mol. The maximum Gasteiger partial charge on any atom is 0.248 e. The van der Waals surface area contributed by atoms with E-state index in [-0.39, 0.29) is 5.91 Å². The van der Waals surface area contributed by atoms with Gasteiger partial charge in [-0.15, -0.1) is 0 Å². The molecule has 2 N–H and O–H groups in total. The molecule has 3 nitrogen and oxygen atoms in total. The van der Waals surface area contributed by atoms with Gasteiger partial charge in [-0.05, 0) is 68.9 Å². The zero-order chi connectivity index (χ0) is 13.9. The number of rotatable bonds is 4. The van der Waals surface area contributed by atoms with Crippen molar-refractivity contribution in [2.75, 3.05) is 6.54 Å². The molecule has 0 heterocycles. The number of carbonyl (C=O) groups is 1. The van der Waals surface area contributed by atoms with Gasteiger partial charge < -0.3 is 10.4 Å². The van der Waals surface area contributed by atoms with Crippen LogP contribution in [0.3, 0.4) is 0 Å². The lowest BCUT2D eigenvalue weighted by atomic mass is 9.92. The van der Waals surface area contributed by atoms with Crippen LogP contribution in [-0.4, -0.2) is 23.7 Å². The number of benzene rings is 1. The van der Waals surface area contributed by atoms with E-state index in [4.69, 9.17) is 5.11 Å². The molecule has 0 spiro atoms. The topological polar surface area (TPSA) is 49.3 Å². The second-order valence-corrected chi connectivity index (χ2v) is 4.96. The van der Waals surface area contributed by atoms with Crippen molar-refractivity contribution in [3.8, 4) is 0 Å². The van der Waals surface area contributed by atoms with Crippen molar-refractivity contribution in [2.45, 2.75) is 47.1 Å². The van der Waals surface area contributed by atoms with Crippen molar-refractivity contribution < 1.29 is 9.90 Å². The van der Waals surface area contributed by atoms with Crippen molar-refractivity contribution >= 4 is 5.91 Å². The summed E-state index contributed by atoms with van der Waals surface area (Å²) in [4.78, 5) is 11.3. The van der Waals surface area contributed by atoms with E-state index >= 15 is 0 Å². The minimum Gasteiger partial charge on any atom is -0.384 e. The van der Waals surface area contributed by atoms with Crippen LogP contribution in [0.15, 0.2) is 6.07 Å². The van der Waals surface area contributed by atoms with Crippen LogP contribution in [0.25, 0.3) is 0 Å². The van der Waals surface area contributed by atoms with Gasteiger partial charge in [0.1, 0.15) is 6.10 Å². The third-order valence-corrected chi connectivity index (χ3v) is 3.58. The Balaban J connectivity index is 2.76. The molecular formula is C15H23NO2. The minimum atomic E-state index is -0.938. The summed E-state index contributed by atoms with van der Waals surface area (Å²) in [5, 5.41) is 11.8. The fourth-order valence-corrected chi connectivity index (χ4v) is 2.13. The monoisotopic (exact) mass is 249 g/mol. The van der Waals surface area contributed by atoms with Crippen LogP contribution in [0.1, 0.15) is 34.7 Å². The summed E-state index contributed by atoms with van der Waals surface area (Å²) < 4.78 is 0. The first-order valence-electron chi connectivity index (χ1n) is 6.36. The largest absolute Gasteiger partial charge is 0.384 e. The van der Waals surface area contributed by atoms with Gasteiger partial charge in [-0.3, -0.25) is 4.79 Å². The predicted octanol–water partition coefficient (Wildman–Crippen LogP) is 1.96. The Bertz CT molecular complexity index is 424. The quantitative estimate of drug-likeness (QED) is 0.857. The summed E-state index contributed by atoms with van der Waals surface area (Å²) in [6.45, 7) is 10.5. The second kappa shape index (κ2) is 6.01. The molecule has 18 heavy (non-hydrogen) atoms.